The summed E-state index contributed by atoms with van der Waals surface area (Å²) < 4.78 is 2.40. The van der Waals surface area contributed by atoms with Gasteiger partial charge in [0, 0.05) is 63.1 Å². The number of likely N-dealkylation sites (tertiary alicyclic amines) is 1. The maximum atomic E-state index is 10.1. The van der Waals surface area contributed by atoms with Gasteiger partial charge in [0.2, 0.25) is 0 Å². The van der Waals surface area contributed by atoms with Crippen LogP contribution in [-0.4, -0.2) is 86.7 Å². The number of imidazole rings is 1. The molecule has 1 aromatic carbocycles. The molecule has 0 saturated carbocycles. The van der Waals surface area contributed by atoms with E-state index in [1.54, 1.807) is 6.07 Å². The van der Waals surface area contributed by atoms with Crippen LogP contribution in [0.25, 0.3) is 11.2 Å². The molecule has 2 aliphatic rings. The highest BCUT2D eigenvalue weighted by Crippen LogP contribution is 2.39. The number of nitrogens with one attached hydrogen (secondary N) is 1. The molecular formula is C33H51N7O. The van der Waals surface area contributed by atoms with Gasteiger partial charge in [-0.05, 0) is 83.0 Å². The summed E-state index contributed by atoms with van der Waals surface area (Å²) in [6.07, 6.45) is 7.43. The lowest BCUT2D eigenvalue weighted by molar-refractivity contribution is 0.0505. The third-order valence-electron chi connectivity index (χ3n) is 9.33. The Morgan fingerprint density at radius 3 is 2.44 bits per heavy atom. The van der Waals surface area contributed by atoms with Crippen molar-refractivity contribution >= 4 is 11.2 Å². The molecular weight excluding hydrogens is 510 g/mol. The average Bonchev–Trinajstić information content (AvgIpc) is 3.29. The number of aromatic nitrogens is 3. The molecule has 8 nitrogen and oxygen atoms in total. The first-order valence-corrected chi connectivity index (χ1v) is 15.8. The van der Waals surface area contributed by atoms with Crippen LogP contribution < -0.4 is 5.32 Å². The number of fused-ring (bicyclic) bond motifs is 1. The highest BCUT2D eigenvalue weighted by atomic mass is 16.3. The lowest BCUT2D eigenvalue weighted by atomic mass is 9.79. The van der Waals surface area contributed by atoms with Crippen molar-refractivity contribution in [1.29, 1.82) is 0 Å². The van der Waals surface area contributed by atoms with E-state index in [0.717, 1.165) is 82.5 Å². The van der Waals surface area contributed by atoms with Crippen molar-refractivity contribution in [2.45, 2.75) is 96.6 Å². The Bertz CT molecular complexity index is 1290. The van der Waals surface area contributed by atoms with Crippen molar-refractivity contribution in [2.24, 2.45) is 0 Å². The summed E-state index contributed by atoms with van der Waals surface area (Å²) in [6.45, 7) is 15.0. The van der Waals surface area contributed by atoms with Gasteiger partial charge in [-0.15, -0.1) is 0 Å². The Morgan fingerprint density at radius 2 is 1.80 bits per heavy atom. The number of aromatic hydroxyl groups is 1. The van der Waals surface area contributed by atoms with Gasteiger partial charge < -0.3 is 15.0 Å². The second-order valence-electron chi connectivity index (χ2n) is 12.8. The third-order valence-corrected chi connectivity index (χ3v) is 9.33. The summed E-state index contributed by atoms with van der Waals surface area (Å²) in [7, 11) is 4.32. The fourth-order valence-corrected chi connectivity index (χ4v) is 7.36. The molecule has 2 N–H and O–H groups in total. The Morgan fingerprint density at radius 1 is 1.07 bits per heavy atom. The highest BCUT2D eigenvalue weighted by Gasteiger charge is 2.38. The van der Waals surface area contributed by atoms with Gasteiger partial charge in [-0.3, -0.25) is 14.7 Å². The zero-order chi connectivity index (χ0) is 29.1. The predicted molar refractivity (Wildman–Crippen MR) is 167 cm³/mol. The monoisotopic (exact) mass is 561 g/mol. The quantitative estimate of drug-likeness (QED) is 0.356. The van der Waals surface area contributed by atoms with E-state index >= 15 is 0 Å². The molecule has 2 aliphatic heterocycles. The first-order chi connectivity index (χ1) is 19.7. The van der Waals surface area contributed by atoms with Crippen LogP contribution in [0.3, 0.4) is 0 Å². The van der Waals surface area contributed by atoms with E-state index in [1.165, 1.54) is 17.0 Å². The molecule has 0 spiro atoms. The lowest BCUT2D eigenvalue weighted by Crippen LogP contribution is -2.55. The van der Waals surface area contributed by atoms with Gasteiger partial charge in [-0.2, -0.15) is 0 Å². The van der Waals surface area contributed by atoms with E-state index in [-0.39, 0.29) is 5.54 Å². The maximum absolute atomic E-state index is 10.1. The van der Waals surface area contributed by atoms with E-state index in [9.17, 15) is 5.11 Å². The minimum Gasteiger partial charge on any atom is -0.508 e. The summed E-state index contributed by atoms with van der Waals surface area (Å²) in [6, 6.07) is 11.4. The molecule has 0 radical (unpaired) electrons. The molecule has 0 bridgehead atoms. The van der Waals surface area contributed by atoms with Crippen molar-refractivity contribution in [3.63, 3.8) is 0 Å². The van der Waals surface area contributed by atoms with Crippen LogP contribution in [-0.2, 0) is 18.6 Å². The van der Waals surface area contributed by atoms with E-state index in [0.29, 0.717) is 23.9 Å². The van der Waals surface area contributed by atoms with Gasteiger partial charge in [0.25, 0.3) is 0 Å². The summed E-state index contributed by atoms with van der Waals surface area (Å²) in [5, 5.41) is 13.8. The lowest BCUT2D eigenvalue weighted by Gasteiger charge is -2.46. The highest BCUT2D eigenvalue weighted by molar-refractivity contribution is 5.72. The molecule has 8 heteroatoms. The summed E-state index contributed by atoms with van der Waals surface area (Å²) >= 11 is 0. The minimum absolute atomic E-state index is 0.0570. The van der Waals surface area contributed by atoms with E-state index in [4.69, 9.17) is 9.97 Å². The summed E-state index contributed by atoms with van der Waals surface area (Å²) in [5.74, 6) is 1.53. The Kier molecular flexibility index (Phi) is 9.33. The zero-order valence-electron chi connectivity index (χ0n) is 26.1. The number of pyridine rings is 1. The van der Waals surface area contributed by atoms with Gasteiger partial charge in [0.15, 0.2) is 5.65 Å². The standard InChI is InChI=1S/C33H51N7O/c1-7-10-30(39-21-24(3)35-25(4)22-39)32-36-29-18-26(20-34-31(29)40(32)15-8-2)23-38-16-13-33(14-17-38,37(5)6)27-11-9-12-28(41)19-27/h9,11-12,18-20,24-25,30,35,41H,7-8,10,13-17,21-23H2,1-6H3/t24-,25+,30?. The number of benzene rings is 1. The van der Waals surface area contributed by atoms with E-state index in [2.05, 4.69) is 84.7 Å². The molecule has 41 heavy (non-hydrogen) atoms. The second-order valence-corrected chi connectivity index (χ2v) is 12.8. The number of aryl methyl sites for hydroxylation is 1. The Labute approximate surface area is 246 Å². The second kappa shape index (κ2) is 12.8. The minimum atomic E-state index is -0.0570. The number of phenols is 1. The fourth-order valence-electron chi connectivity index (χ4n) is 7.36. The topological polar surface area (TPSA) is 72.7 Å². The fraction of sp³-hybridized carbons (Fsp3) is 0.636. The molecule has 3 aromatic rings. The number of hydrogen-bond acceptors (Lipinski definition) is 7. The first kappa shape index (κ1) is 30.0. The normalized spacial score (nSPS) is 22.9. The van der Waals surface area contributed by atoms with Crippen LogP contribution in [0.15, 0.2) is 36.5 Å². The van der Waals surface area contributed by atoms with Crippen LogP contribution in [0.5, 0.6) is 5.75 Å². The van der Waals surface area contributed by atoms with Crippen molar-refractivity contribution in [3.8, 4) is 5.75 Å². The van der Waals surface area contributed by atoms with Gasteiger partial charge in [0.05, 0.1) is 6.04 Å². The SMILES string of the molecule is CCCC(c1nc2cc(CN3CCC(c4cccc(O)c4)(N(C)C)CC3)cnc2n1CCC)N1C[C@@H](C)N[C@@H](C)C1. The molecule has 0 aliphatic carbocycles. The number of rotatable bonds is 10. The molecule has 2 fully saturated rings. The molecule has 2 aromatic heterocycles. The van der Waals surface area contributed by atoms with Crippen LogP contribution in [0.2, 0.25) is 0 Å². The number of nitrogens with zero attached hydrogens (tertiary/aromatic N) is 6. The molecule has 4 heterocycles. The van der Waals surface area contributed by atoms with Crippen LogP contribution in [0.4, 0.5) is 0 Å². The average molecular weight is 562 g/mol. The van der Waals surface area contributed by atoms with E-state index in [1.807, 2.05) is 12.1 Å². The molecule has 3 atom stereocenters. The van der Waals surface area contributed by atoms with Crippen molar-refractivity contribution < 1.29 is 5.11 Å². The number of phenolic OH excluding ortho intramolecular Hbond substituents is 1. The van der Waals surface area contributed by atoms with Crippen LogP contribution in [0, 0.1) is 0 Å². The molecule has 5 rings (SSSR count). The van der Waals surface area contributed by atoms with Gasteiger partial charge in [-0.25, -0.2) is 9.97 Å². The van der Waals surface area contributed by atoms with E-state index < -0.39 is 0 Å². The van der Waals surface area contributed by atoms with Crippen molar-refractivity contribution in [3.05, 3.63) is 53.5 Å². The maximum Gasteiger partial charge on any atom is 0.160 e. The van der Waals surface area contributed by atoms with Crippen molar-refractivity contribution in [1.82, 2.24) is 34.6 Å². The molecule has 0 amide bonds. The Balaban J connectivity index is 1.36. The summed E-state index contributed by atoms with van der Waals surface area (Å²) in [5.41, 5.74) is 4.43. The zero-order valence-corrected chi connectivity index (χ0v) is 26.1. The third kappa shape index (κ3) is 6.31. The molecule has 1 unspecified atom stereocenters. The number of piperidine rings is 1. The smallest absolute Gasteiger partial charge is 0.160 e. The molecule has 224 valence electrons. The first-order valence-electron chi connectivity index (χ1n) is 15.8. The summed E-state index contributed by atoms with van der Waals surface area (Å²) in [4.78, 5) is 17.9. The van der Waals surface area contributed by atoms with Crippen molar-refractivity contribution in [2.75, 3.05) is 40.3 Å². The number of hydrogen-bond donors (Lipinski definition) is 2. The van der Waals surface area contributed by atoms with Gasteiger partial charge >= 0.3 is 0 Å². The van der Waals surface area contributed by atoms with Gasteiger partial charge in [0.1, 0.15) is 17.1 Å². The predicted octanol–water partition coefficient (Wildman–Crippen LogP) is 5.12. The molecule has 2 saturated heterocycles. The Hall–Kier alpha value is -2.52. The number of piperazine rings is 1. The van der Waals surface area contributed by atoms with Crippen LogP contribution in [0.1, 0.15) is 82.8 Å². The van der Waals surface area contributed by atoms with Crippen LogP contribution >= 0.6 is 0 Å². The largest absolute Gasteiger partial charge is 0.508 e. The van der Waals surface area contributed by atoms with Gasteiger partial charge in [-0.1, -0.05) is 32.4 Å².